The third kappa shape index (κ3) is 5.70. The Morgan fingerprint density at radius 1 is 0.781 bits per heavy atom. The van der Waals surface area contributed by atoms with E-state index in [1.165, 1.54) is 25.7 Å². The molecule has 3 aromatic rings. The molecule has 0 amide bonds. The topological polar surface area (TPSA) is 0 Å². The van der Waals surface area contributed by atoms with Crippen LogP contribution in [0.5, 0.6) is 0 Å². The van der Waals surface area contributed by atoms with Crippen LogP contribution in [0.25, 0.3) is 21.9 Å². The van der Waals surface area contributed by atoms with Crippen LogP contribution in [0.4, 0.5) is 26.3 Å². The van der Waals surface area contributed by atoms with Gasteiger partial charge in [0.15, 0.2) is 0 Å². The third-order valence-electron chi connectivity index (χ3n) is 6.21. The molecule has 0 nitrogen and oxygen atoms in total. The van der Waals surface area contributed by atoms with Gasteiger partial charge >= 0.3 is 12.4 Å². The Hall–Kier alpha value is -1.49. The van der Waals surface area contributed by atoms with Crippen molar-refractivity contribution in [1.82, 2.24) is 0 Å². The second-order valence-electron chi connectivity index (χ2n) is 8.53. The van der Waals surface area contributed by atoms with E-state index < -0.39 is 23.5 Å². The number of halogens is 6. The molecule has 4 rings (SSSR count). The Morgan fingerprint density at radius 2 is 1.38 bits per heavy atom. The van der Waals surface area contributed by atoms with E-state index in [9.17, 15) is 26.3 Å². The van der Waals surface area contributed by atoms with Crippen LogP contribution in [0.3, 0.4) is 0 Å². The second-order valence-corrected chi connectivity index (χ2v) is 8.53. The van der Waals surface area contributed by atoms with Crippen molar-refractivity contribution in [3.05, 3.63) is 65.2 Å². The molecule has 32 heavy (non-hydrogen) atoms. The summed E-state index contributed by atoms with van der Waals surface area (Å²) >= 11 is 0. The van der Waals surface area contributed by atoms with E-state index in [-0.39, 0.29) is 37.8 Å². The molecule has 0 radical (unpaired) electrons. The van der Waals surface area contributed by atoms with E-state index in [0.29, 0.717) is 16.9 Å². The van der Waals surface area contributed by atoms with Gasteiger partial charge in [0.1, 0.15) is 0 Å². The predicted molar refractivity (Wildman–Crippen MR) is 110 cm³/mol. The summed E-state index contributed by atoms with van der Waals surface area (Å²) in [6.45, 7) is 0. The summed E-state index contributed by atoms with van der Waals surface area (Å²) < 4.78 is 79.8. The van der Waals surface area contributed by atoms with Crippen molar-refractivity contribution in [1.29, 1.82) is 0 Å². The molecule has 1 saturated carbocycles. The maximum absolute atomic E-state index is 13.3. The molecular weight excluding hydrogens is 505 g/mol. The van der Waals surface area contributed by atoms with Gasteiger partial charge in [0.2, 0.25) is 0 Å². The van der Waals surface area contributed by atoms with E-state index in [2.05, 4.69) is 0 Å². The van der Waals surface area contributed by atoms with Gasteiger partial charge < -0.3 is 0 Å². The summed E-state index contributed by atoms with van der Waals surface area (Å²) in [6.07, 6.45) is -1.58. The van der Waals surface area contributed by atoms with E-state index in [0.717, 1.165) is 42.3 Å². The van der Waals surface area contributed by atoms with Gasteiger partial charge in [0.25, 0.3) is 0 Å². The largest absolute Gasteiger partial charge is 0.416 e. The van der Waals surface area contributed by atoms with Crippen molar-refractivity contribution in [3.8, 4) is 11.1 Å². The van der Waals surface area contributed by atoms with Gasteiger partial charge in [-0.2, -0.15) is 32.4 Å². The van der Waals surface area contributed by atoms with Crippen molar-refractivity contribution in [2.75, 3.05) is 0 Å². The Bertz CT molecular complexity index is 1020. The number of fused-ring (bicyclic) bond motifs is 1. The molecule has 0 atom stereocenters. The van der Waals surface area contributed by atoms with Gasteiger partial charge in [0.05, 0.1) is 11.1 Å². The minimum Gasteiger partial charge on any atom is -0.166 e. The molecule has 3 aromatic carbocycles. The van der Waals surface area contributed by atoms with Crippen LogP contribution in [0.1, 0.15) is 55.2 Å². The predicted octanol–water partition coefficient (Wildman–Crippen LogP) is 8.77. The molecule has 7 heteroatoms. The average molecular weight is 529 g/mol. The molecule has 1 aliphatic carbocycles. The molecule has 1 aliphatic rings. The minimum absolute atomic E-state index is 0. The summed E-state index contributed by atoms with van der Waals surface area (Å²) in [5.41, 5.74) is -1.17. The van der Waals surface area contributed by atoms with Crippen molar-refractivity contribution < 1.29 is 52.5 Å². The fourth-order valence-electron chi connectivity index (χ4n) is 4.68. The fraction of sp³-hybridized carbons (Fsp3) is 0.400. The monoisotopic (exact) mass is 527 g/mol. The van der Waals surface area contributed by atoms with Crippen molar-refractivity contribution in [2.24, 2.45) is 5.92 Å². The number of hydrogen-bond donors (Lipinski definition) is 0. The fourth-order valence-corrected chi connectivity index (χ4v) is 4.68. The molecule has 0 aromatic heterocycles. The maximum atomic E-state index is 13.3. The van der Waals surface area contributed by atoms with Crippen LogP contribution in [0.2, 0.25) is 0 Å². The number of hydrogen-bond acceptors (Lipinski definition) is 0. The van der Waals surface area contributed by atoms with Gasteiger partial charge in [0, 0.05) is 26.2 Å². The van der Waals surface area contributed by atoms with Crippen molar-refractivity contribution >= 4 is 10.8 Å². The molecule has 1 fully saturated rings. The summed E-state index contributed by atoms with van der Waals surface area (Å²) in [7, 11) is 0. The zero-order valence-corrected chi connectivity index (χ0v) is 19.9. The summed E-state index contributed by atoms with van der Waals surface area (Å²) in [4.78, 5) is 0. The first-order valence-corrected chi connectivity index (χ1v) is 10.6. The quantitative estimate of drug-likeness (QED) is 0.181. The molecule has 0 heterocycles. The van der Waals surface area contributed by atoms with Crippen LogP contribution in [-0.2, 0) is 45.0 Å². The van der Waals surface area contributed by atoms with Gasteiger partial charge in [-0.15, -0.1) is 34.5 Å². The van der Waals surface area contributed by atoms with Gasteiger partial charge in [-0.05, 0) is 36.1 Å². The SMILES string of the molecule is FC(F)(F)c1cc(-c2cccc3[cH-]c(CC4CCCCCC4)cc23)cc(C(F)(F)F)c1.[Zr]. The minimum atomic E-state index is -4.86. The van der Waals surface area contributed by atoms with Gasteiger partial charge in [-0.25, -0.2) is 0 Å². The summed E-state index contributed by atoms with van der Waals surface area (Å²) in [5, 5.41) is 1.53. The number of rotatable bonds is 3. The van der Waals surface area contributed by atoms with Crippen LogP contribution in [0.15, 0.2) is 48.5 Å². The molecular formula is C25H23F6Zr-. The molecule has 0 spiro atoms. The van der Waals surface area contributed by atoms with Crippen LogP contribution < -0.4 is 0 Å². The first kappa shape index (κ1) is 25.1. The summed E-state index contributed by atoms with van der Waals surface area (Å²) in [5.74, 6) is 0.577. The third-order valence-corrected chi connectivity index (χ3v) is 6.21. The molecule has 0 bridgehead atoms. The van der Waals surface area contributed by atoms with E-state index >= 15 is 0 Å². The zero-order valence-electron chi connectivity index (χ0n) is 17.4. The van der Waals surface area contributed by atoms with Crippen LogP contribution in [0, 0.1) is 5.92 Å². The Labute approximate surface area is 202 Å². The molecule has 0 aliphatic heterocycles. The maximum Gasteiger partial charge on any atom is 0.416 e. The van der Waals surface area contributed by atoms with Crippen molar-refractivity contribution in [2.45, 2.75) is 57.3 Å². The number of alkyl halides is 6. The van der Waals surface area contributed by atoms with E-state index in [1.54, 1.807) is 12.1 Å². The van der Waals surface area contributed by atoms with Crippen molar-refractivity contribution in [3.63, 3.8) is 0 Å². The molecule has 0 N–H and O–H groups in total. The number of benzene rings is 2. The molecule has 170 valence electrons. The average Bonchev–Trinajstić information content (AvgIpc) is 2.93. The van der Waals surface area contributed by atoms with Gasteiger partial charge in [-0.3, -0.25) is 0 Å². The van der Waals surface area contributed by atoms with E-state index in [4.69, 9.17) is 0 Å². The van der Waals surface area contributed by atoms with Crippen LogP contribution in [-0.4, -0.2) is 0 Å². The second kappa shape index (κ2) is 9.79. The normalized spacial score (nSPS) is 16.1. The Kier molecular flexibility index (Phi) is 7.69. The van der Waals surface area contributed by atoms with Gasteiger partial charge in [-0.1, -0.05) is 50.2 Å². The smallest absolute Gasteiger partial charge is 0.166 e. The summed E-state index contributed by atoms with van der Waals surface area (Å²) in [6, 6.07) is 10.9. The molecule has 0 saturated heterocycles. The Balaban J connectivity index is 0.00000289. The zero-order chi connectivity index (χ0) is 22.2. The molecule has 0 unspecified atom stereocenters. The Morgan fingerprint density at radius 3 is 1.94 bits per heavy atom. The first-order chi connectivity index (χ1) is 14.6. The van der Waals surface area contributed by atoms with Crippen LogP contribution >= 0.6 is 0 Å². The standard InChI is InChI=1S/C25H23F6.Zr/c26-24(27,28)20-13-19(14-21(15-20)25(29,30)31)22-9-5-8-18-11-17(12-23(18)22)10-16-6-3-1-2-4-7-16;/h5,8-9,11-16H,1-4,6-7,10H2;/q-1;. The van der Waals surface area contributed by atoms with E-state index in [1.807, 2.05) is 18.2 Å². The first-order valence-electron chi connectivity index (χ1n) is 10.6.